The molecule has 2 heterocycles. The molecule has 0 radical (unpaired) electrons. The van der Waals surface area contributed by atoms with E-state index in [9.17, 15) is 4.79 Å². The molecular formula is C31H23ClN4O. The second-order valence-electron chi connectivity index (χ2n) is 9.10. The lowest BCUT2D eigenvalue weighted by Gasteiger charge is -2.15. The van der Waals surface area contributed by atoms with Crippen LogP contribution < -0.4 is 5.56 Å². The molecular weight excluding hydrogens is 480 g/mol. The van der Waals surface area contributed by atoms with Crippen molar-refractivity contribution < 1.29 is 0 Å². The second kappa shape index (κ2) is 9.19. The second-order valence-corrected chi connectivity index (χ2v) is 9.53. The van der Waals surface area contributed by atoms with Crippen molar-refractivity contribution in [3.8, 4) is 34.2 Å². The molecule has 0 bridgehead atoms. The predicted octanol–water partition coefficient (Wildman–Crippen LogP) is 7.18. The van der Waals surface area contributed by atoms with E-state index in [-0.39, 0.29) is 5.56 Å². The van der Waals surface area contributed by atoms with Gasteiger partial charge in [0.2, 0.25) is 0 Å². The molecule has 0 aliphatic rings. The van der Waals surface area contributed by atoms with Gasteiger partial charge in [-0.2, -0.15) is 5.10 Å². The third-order valence-electron chi connectivity index (χ3n) is 6.42. The molecule has 0 aliphatic heterocycles. The SMILES string of the molecule is Cc1ccc(-c2cc(-c3nc4ccccc4c(=O)n3-c3ccc(Cl)cc3)n(-c3ccc(C)cc3)n2)cc1. The number of halogens is 1. The molecule has 0 amide bonds. The van der Waals surface area contributed by atoms with Crippen LogP contribution in [0, 0.1) is 13.8 Å². The Kier molecular flexibility index (Phi) is 5.70. The van der Waals surface area contributed by atoms with Crippen LogP contribution in [0.2, 0.25) is 5.02 Å². The van der Waals surface area contributed by atoms with E-state index in [1.165, 1.54) is 5.56 Å². The maximum atomic E-state index is 13.9. The van der Waals surface area contributed by atoms with Gasteiger partial charge in [0.15, 0.2) is 5.82 Å². The van der Waals surface area contributed by atoms with Gasteiger partial charge in [-0.15, -0.1) is 0 Å². The zero-order valence-corrected chi connectivity index (χ0v) is 21.1. The van der Waals surface area contributed by atoms with Crippen LogP contribution in [0.25, 0.3) is 45.1 Å². The van der Waals surface area contributed by atoms with Crippen molar-refractivity contribution in [1.29, 1.82) is 0 Å². The summed E-state index contributed by atoms with van der Waals surface area (Å²) in [6, 6.07) is 33.0. The minimum atomic E-state index is -0.156. The summed E-state index contributed by atoms with van der Waals surface area (Å²) >= 11 is 6.17. The lowest BCUT2D eigenvalue weighted by Crippen LogP contribution is -2.22. The number of para-hydroxylation sites is 1. The fourth-order valence-electron chi connectivity index (χ4n) is 4.42. The highest BCUT2D eigenvalue weighted by Crippen LogP contribution is 2.30. The number of aromatic nitrogens is 4. The minimum Gasteiger partial charge on any atom is -0.268 e. The van der Waals surface area contributed by atoms with Gasteiger partial charge in [0.25, 0.3) is 5.56 Å². The van der Waals surface area contributed by atoms with E-state index >= 15 is 0 Å². The highest BCUT2D eigenvalue weighted by atomic mass is 35.5. The standard InChI is InChI=1S/C31H23ClN4O/c1-20-7-11-22(12-8-20)28-19-29(36(34-28)25-15-9-21(2)10-16-25)30-33-27-6-4-3-5-26(27)31(37)35(30)24-17-13-23(32)14-18-24/h3-19H,1-2H3. The molecule has 0 saturated carbocycles. The molecule has 0 N–H and O–H groups in total. The Morgan fingerprint density at radius 2 is 1.35 bits per heavy atom. The first-order valence-electron chi connectivity index (χ1n) is 12.0. The quantitative estimate of drug-likeness (QED) is 0.256. The summed E-state index contributed by atoms with van der Waals surface area (Å²) in [5.41, 5.74) is 6.84. The van der Waals surface area contributed by atoms with Gasteiger partial charge >= 0.3 is 0 Å². The summed E-state index contributed by atoms with van der Waals surface area (Å²) in [4.78, 5) is 18.9. The summed E-state index contributed by atoms with van der Waals surface area (Å²) < 4.78 is 3.50. The van der Waals surface area contributed by atoms with Crippen molar-refractivity contribution in [2.75, 3.05) is 0 Å². The number of rotatable bonds is 4. The largest absolute Gasteiger partial charge is 0.268 e. The molecule has 4 aromatic carbocycles. The van der Waals surface area contributed by atoms with Crippen LogP contribution in [-0.2, 0) is 0 Å². The lowest BCUT2D eigenvalue weighted by atomic mass is 10.1. The Morgan fingerprint density at radius 1 is 0.730 bits per heavy atom. The smallest absolute Gasteiger partial charge is 0.266 e. The molecule has 2 aromatic heterocycles. The normalized spacial score (nSPS) is 11.2. The Morgan fingerprint density at radius 3 is 2.05 bits per heavy atom. The molecule has 0 unspecified atom stereocenters. The van der Waals surface area contributed by atoms with E-state index in [0.717, 1.165) is 22.5 Å². The summed E-state index contributed by atoms with van der Waals surface area (Å²) in [7, 11) is 0. The van der Waals surface area contributed by atoms with Crippen molar-refractivity contribution >= 4 is 22.5 Å². The van der Waals surface area contributed by atoms with E-state index in [1.54, 1.807) is 22.8 Å². The van der Waals surface area contributed by atoms with Gasteiger partial charge in [0.1, 0.15) is 5.69 Å². The number of aryl methyl sites for hydroxylation is 2. The molecule has 6 aromatic rings. The Hall–Kier alpha value is -4.48. The van der Waals surface area contributed by atoms with Gasteiger partial charge in [-0.3, -0.25) is 9.36 Å². The first-order chi connectivity index (χ1) is 18.0. The van der Waals surface area contributed by atoms with Crippen molar-refractivity contribution in [1.82, 2.24) is 19.3 Å². The van der Waals surface area contributed by atoms with Crippen LogP contribution >= 0.6 is 11.6 Å². The Labute approximate surface area is 219 Å². The lowest BCUT2D eigenvalue weighted by molar-refractivity contribution is 0.864. The van der Waals surface area contributed by atoms with Crippen LogP contribution in [0.4, 0.5) is 0 Å². The molecule has 0 aliphatic carbocycles. The summed E-state index contributed by atoms with van der Waals surface area (Å²) in [5, 5.41) is 6.12. The number of fused-ring (bicyclic) bond motifs is 1. The monoisotopic (exact) mass is 502 g/mol. The molecule has 6 heteroatoms. The number of nitrogens with zero attached hydrogens (tertiary/aromatic N) is 4. The van der Waals surface area contributed by atoms with Crippen molar-refractivity contribution in [3.05, 3.63) is 130 Å². The first-order valence-corrected chi connectivity index (χ1v) is 12.4. The minimum absolute atomic E-state index is 0.156. The van der Waals surface area contributed by atoms with Gasteiger partial charge in [-0.1, -0.05) is 71.3 Å². The van der Waals surface area contributed by atoms with E-state index in [4.69, 9.17) is 21.7 Å². The Balaban J connectivity index is 1.68. The van der Waals surface area contributed by atoms with Gasteiger partial charge in [0.05, 0.1) is 28.0 Å². The summed E-state index contributed by atoms with van der Waals surface area (Å²) in [6.07, 6.45) is 0. The molecule has 0 saturated heterocycles. The summed E-state index contributed by atoms with van der Waals surface area (Å²) in [5.74, 6) is 0.498. The molecule has 0 spiro atoms. The average molecular weight is 503 g/mol. The fraction of sp³-hybridized carbons (Fsp3) is 0.0645. The first kappa shape index (κ1) is 23.0. The molecule has 0 atom stereocenters. The maximum Gasteiger partial charge on any atom is 0.266 e. The number of benzene rings is 4. The van der Waals surface area contributed by atoms with Crippen LogP contribution in [0.15, 0.2) is 108 Å². The van der Waals surface area contributed by atoms with Crippen molar-refractivity contribution in [2.45, 2.75) is 13.8 Å². The van der Waals surface area contributed by atoms with E-state index in [2.05, 4.69) is 38.1 Å². The van der Waals surface area contributed by atoms with E-state index in [1.807, 2.05) is 65.3 Å². The van der Waals surface area contributed by atoms with Crippen LogP contribution in [-0.4, -0.2) is 19.3 Å². The van der Waals surface area contributed by atoms with E-state index in [0.29, 0.717) is 33.1 Å². The molecule has 37 heavy (non-hydrogen) atoms. The van der Waals surface area contributed by atoms with Gasteiger partial charge in [-0.25, -0.2) is 9.67 Å². The zero-order chi connectivity index (χ0) is 25.5. The van der Waals surface area contributed by atoms with Crippen molar-refractivity contribution in [2.24, 2.45) is 0 Å². The predicted molar refractivity (Wildman–Crippen MR) is 150 cm³/mol. The molecule has 180 valence electrons. The average Bonchev–Trinajstić information content (AvgIpc) is 3.35. The molecule has 5 nitrogen and oxygen atoms in total. The highest BCUT2D eigenvalue weighted by molar-refractivity contribution is 6.30. The third kappa shape index (κ3) is 4.24. The van der Waals surface area contributed by atoms with E-state index < -0.39 is 0 Å². The topological polar surface area (TPSA) is 52.7 Å². The van der Waals surface area contributed by atoms with Gasteiger partial charge in [0, 0.05) is 10.6 Å². The number of hydrogen-bond donors (Lipinski definition) is 0. The highest BCUT2D eigenvalue weighted by Gasteiger charge is 2.21. The molecule has 6 rings (SSSR count). The Bertz CT molecular complexity index is 1800. The molecule has 0 fully saturated rings. The van der Waals surface area contributed by atoms with Gasteiger partial charge < -0.3 is 0 Å². The fourth-order valence-corrected chi connectivity index (χ4v) is 4.55. The van der Waals surface area contributed by atoms with Crippen LogP contribution in [0.1, 0.15) is 11.1 Å². The van der Waals surface area contributed by atoms with Crippen LogP contribution in [0.5, 0.6) is 0 Å². The number of hydrogen-bond acceptors (Lipinski definition) is 3. The zero-order valence-electron chi connectivity index (χ0n) is 20.4. The maximum absolute atomic E-state index is 13.9. The third-order valence-corrected chi connectivity index (χ3v) is 6.68. The summed E-state index contributed by atoms with van der Waals surface area (Å²) in [6.45, 7) is 4.11. The van der Waals surface area contributed by atoms with Crippen LogP contribution in [0.3, 0.4) is 0 Å². The van der Waals surface area contributed by atoms with Gasteiger partial charge in [-0.05, 0) is 68.4 Å². The van der Waals surface area contributed by atoms with Crippen molar-refractivity contribution in [3.63, 3.8) is 0 Å².